The maximum atomic E-state index is 9.94. The number of phenolic OH excluding ortho intramolecular Hbond substituents is 1. The summed E-state index contributed by atoms with van der Waals surface area (Å²) in [5, 5.41) is 13.5. The third-order valence-electron chi connectivity index (χ3n) is 4.04. The molecule has 1 aromatic carbocycles. The first-order valence-corrected chi connectivity index (χ1v) is 6.69. The van der Waals surface area contributed by atoms with Gasteiger partial charge in [-0.2, -0.15) is 0 Å². The van der Waals surface area contributed by atoms with Gasteiger partial charge in [0.2, 0.25) is 0 Å². The molecule has 2 nitrogen and oxygen atoms in total. The topological polar surface area (TPSA) is 32.3 Å². The monoisotopic (exact) mass is 233 g/mol. The molecule has 0 saturated heterocycles. The number of benzene rings is 1. The molecule has 0 radical (unpaired) electrons. The van der Waals surface area contributed by atoms with Gasteiger partial charge in [0.05, 0.1) is 0 Å². The first kappa shape index (κ1) is 12.4. The van der Waals surface area contributed by atoms with Crippen LogP contribution in [0.5, 0.6) is 5.75 Å². The lowest BCUT2D eigenvalue weighted by Crippen LogP contribution is -2.31. The SMILES string of the molecule is Cc1cccc(CN[C@@H](C)C2CCCC2)c1O. The summed E-state index contributed by atoms with van der Waals surface area (Å²) >= 11 is 0. The van der Waals surface area contributed by atoms with Crippen LogP contribution in [0.25, 0.3) is 0 Å². The van der Waals surface area contributed by atoms with Crippen LogP contribution in [0, 0.1) is 12.8 Å². The Bertz CT molecular complexity index is 369. The third-order valence-corrected chi connectivity index (χ3v) is 4.04. The van der Waals surface area contributed by atoms with E-state index in [1.165, 1.54) is 25.7 Å². The van der Waals surface area contributed by atoms with Crippen LogP contribution in [0.1, 0.15) is 43.7 Å². The molecule has 0 aromatic heterocycles. The molecule has 17 heavy (non-hydrogen) atoms. The Morgan fingerprint density at radius 1 is 1.35 bits per heavy atom. The van der Waals surface area contributed by atoms with Crippen molar-refractivity contribution in [3.05, 3.63) is 29.3 Å². The fraction of sp³-hybridized carbons (Fsp3) is 0.600. The molecule has 1 aromatic rings. The van der Waals surface area contributed by atoms with Gasteiger partial charge in [-0.05, 0) is 38.2 Å². The highest BCUT2D eigenvalue weighted by molar-refractivity contribution is 5.39. The molecule has 1 aliphatic carbocycles. The average Bonchev–Trinajstić information content (AvgIpc) is 2.84. The summed E-state index contributed by atoms with van der Waals surface area (Å²) in [7, 11) is 0. The molecule has 0 bridgehead atoms. The van der Waals surface area contributed by atoms with E-state index in [0.717, 1.165) is 23.6 Å². The Hall–Kier alpha value is -1.02. The summed E-state index contributed by atoms with van der Waals surface area (Å²) in [4.78, 5) is 0. The van der Waals surface area contributed by atoms with E-state index in [0.29, 0.717) is 11.8 Å². The molecule has 1 atom stereocenters. The predicted molar refractivity (Wildman–Crippen MR) is 71.1 cm³/mol. The lowest BCUT2D eigenvalue weighted by atomic mass is 9.99. The maximum absolute atomic E-state index is 9.94. The van der Waals surface area contributed by atoms with Crippen molar-refractivity contribution in [1.82, 2.24) is 5.32 Å². The summed E-state index contributed by atoms with van der Waals surface area (Å²) in [6, 6.07) is 6.50. The van der Waals surface area contributed by atoms with E-state index >= 15 is 0 Å². The minimum absolute atomic E-state index is 0.443. The zero-order chi connectivity index (χ0) is 12.3. The van der Waals surface area contributed by atoms with Crippen LogP contribution in [0.4, 0.5) is 0 Å². The molecule has 0 heterocycles. The molecule has 94 valence electrons. The summed E-state index contributed by atoms with van der Waals surface area (Å²) in [6.45, 7) is 4.98. The molecule has 2 heteroatoms. The van der Waals surface area contributed by atoms with Crippen molar-refractivity contribution in [2.75, 3.05) is 0 Å². The van der Waals surface area contributed by atoms with Crippen LogP contribution in [0.2, 0.25) is 0 Å². The molecule has 0 aliphatic heterocycles. The largest absolute Gasteiger partial charge is 0.507 e. The van der Waals surface area contributed by atoms with E-state index in [-0.39, 0.29) is 0 Å². The number of phenols is 1. The second-order valence-corrected chi connectivity index (χ2v) is 5.30. The van der Waals surface area contributed by atoms with Crippen molar-refractivity contribution >= 4 is 0 Å². The Balaban J connectivity index is 1.90. The number of rotatable bonds is 4. The van der Waals surface area contributed by atoms with Crippen LogP contribution in [-0.2, 0) is 6.54 Å². The van der Waals surface area contributed by atoms with Crippen LogP contribution in [-0.4, -0.2) is 11.1 Å². The summed E-state index contributed by atoms with van der Waals surface area (Å²) in [5.41, 5.74) is 1.97. The Labute approximate surface area is 104 Å². The van der Waals surface area contributed by atoms with Crippen molar-refractivity contribution in [3.63, 3.8) is 0 Å². The zero-order valence-electron chi connectivity index (χ0n) is 10.9. The highest BCUT2D eigenvalue weighted by atomic mass is 16.3. The number of aryl methyl sites for hydroxylation is 1. The summed E-state index contributed by atoms with van der Waals surface area (Å²) in [6.07, 6.45) is 5.47. The van der Waals surface area contributed by atoms with Crippen molar-refractivity contribution in [2.24, 2.45) is 5.92 Å². The van der Waals surface area contributed by atoms with E-state index < -0.39 is 0 Å². The van der Waals surface area contributed by atoms with Crippen molar-refractivity contribution in [3.8, 4) is 5.75 Å². The second kappa shape index (κ2) is 5.54. The van der Waals surface area contributed by atoms with Gasteiger partial charge >= 0.3 is 0 Å². The zero-order valence-corrected chi connectivity index (χ0v) is 10.9. The van der Waals surface area contributed by atoms with Gasteiger partial charge in [0.1, 0.15) is 5.75 Å². The van der Waals surface area contributed by atoms with Crippen LogP contribution in [0.15, 0.2) is 18.2 Å². The van der Waals surface area contributed by atoms with Gasteiger partial charge in [-0.1, -0.05) is 31.0 Å². The Morgan fingerprint density at radius 2 is 2.06 bits per heavy atom. The maximum Gasteiger partial charge on any atom is 0.122 e. The number of aromatic hydroxyl groups is 1. The van der Waals surface area contributed by atoms with Crippen molar-refractivity contribution in [1.29, 1.82) is 0 Å². The Kier molecular flexibility index (Phi) is 4.06. The number of nitrogens with one attached hydrogen (secondary N) is 1. The standard InChI is InChI=1S/C15H23NO/c1-11-6-5-9-14(15(11)17)10-16-12(2)13-7-3-4-8-13/h5-6,9,12-13,16-17H,3-4,7-8,10H2,1-2H3/t12-/m0/s1. The van der Waals surface area contributed by atoms with E-state index in [2.05, 4.69) is 12.2 Å². The molecular weight excluding hydrogens is 210 g/mol. The summed E-state index contributed by atoms with van der Waals surface area (Å²) < 4.78 is 0. The second-order valence-electron chi connectivity index (χ2n) is 5.30. The predicted octanol–water partition coefficient (Wildman–Crippen LogP) is 3.37. The van der Waals surface area contributed by atoms with Gasteiger partial charge in [0.25, 0.3) is 0 Å². The minimum Gasteiger partial charge on any atom is -0.507 e. The van der Waals surface area contributed by atoms with E-state index in [4.69, 9.17) is 0 Å². The molecule has 0 amide bonds. The van der Waals surface area contributed by atoms with Crippen molar-refractivity contribution < 1.29 is 5.11 Å². The molecule has 1 fully saturated rings. The third kappa shape index (κ3) is 3.01. The van der Waals surface area contributed by atoms with Gasteiger partial charge in [0, 0.05) is 18.2 Å². The highest BCUT2D eigenvalue weighted by Crippen LogP contribution is 2.28. The number of hydrogen-bond donors (Lipinski definition) is 2. The lowest BCUT2D eigenvalue weighted by Gasteiger charge is -2.20. The van der Waals surface area contributed by atoms with E-state index in [1.54, 1.807) is 0 Å². The van der Waals surface area contributed by atoms with Crippen molar-refractivity contribution in [2.45, 2.75) is 52.1 Å². The molecule has 0 spiro atoms. The molecule has 1 saturated carbocycles. The van der Waals surface area contributed by atoms with Crippen LogP contribution in [0.3, 0.4) is 0 Å². The highest BCUT2D eigenvalue weighted by Gasteiger charge is 2.21. The fourth-order valence-corrected chi connectivity index (χ4v) is 2.76. The first-order valence-electron chi connectivity index (χ1n) is 6.69. The van der Waals surface area contributed by atoms with E-state index in [9.17, 15) is 5.11 Å². The van der Waals surface area contributed by atoms with Gasteiger partial charge in [-0.25, -0.2) is 0 Å². The average molecular weight is 233 g/mol. The lowest BCUT2D eigenvalue weighted by molar-refractivity contribution is 0.376. The smallest absolute Gasteiger partial charge is 0.122 e. The number of hydrogen-bond acceptors (Lipinski definition) is 2. The van der Waals surface area contributed by atoms with E-state index in [1.807, 2.05) is 25.1 Å². The van der Waals surface area contributed by atoms with Gasteiger partial charge in [0.15, 0.2) is 0 Å². The van der Waals surface area contributed by atoms with Crippen LogP contribution < -0.4 is 5.32 Å². The normalized spacial score (nSPS) is 18.5. The molecule has 1 aliphatic rings. The molecule has 2 rings (SSSR count). The summed E-state index contributed by atoms with van der Waals surface area (Å²) in [5.74, 6) is 1.26. The number of para-hydroxylation sites is 1. The minimum atomic E-state index is 0.443. The molecular formula is C15H23NO. The Morgan fingerprint density at radius 3 is 2.76 bits per heavy atom. The van der Waals surface area contributed by atoms with Gasteiger partial charge < -0.3 is 10.4 Å². The molecule has 0 unspecified atom stereocenters. The van der Waals surface area contributed by atoms with Crippen LogP contribution >= 0.6 is 0 Å². The van der Waals surface area contributed by atoms with Gasteiger partial charge in [-0.3, -0.25) is 0 Å². The first-order chi connectivity index (χ1) is 8.18. The quantitative estimate of drug-likeness (QED) is 0.835. The molecule has 2 N–H and O–H groups in total. The fourth-order valence-electron chi connectivity index (χ4n) is 2.76. The van der Waals surface area contributed by atoms with Gasteiger partial charge in [-0.15, -0.1) is 0 Å².